The summed E-state index contributed by atoms with van der Waals surface area (Å²) in [5.74, 6) is 0.956. The zero-order valence-electron chi connectivity index (χ0n) is 11.6. The Bertz CT molecular complexity index is 647. The normalized spacial score (nSPS) is 15.7. The molecule has 3 rings (SSSR count). The van der Waals surface area contributed by atoms with Crippen LogP contribution >= 0.6 is 11.3 Å². The third kappa shape index (κ3) is 3.03. The smallest absolute Gasteiger partial charge is 0.225 e. The van der Waals surface area contributed by atoms with Crippen LogP contribution in [0.15, 0.2) is 23.7 Å². The van der Waals surface area contributed by atoms with Crippen molar-refractivity contribution in [2.24, 2.45) is 0 Å². The van der Waals surface area contributed by atoms with Crippen LogP contribution in [0.5, 0.6) is 0 Å². The first-order chi connectivity index (χ1) is 10.3. The average Bonchev–Trinajstić information content (AvgIpc) is 2.83. The van der Waals surface area contributed by atoms with Gasteiger partial charge < -0.3 is 16.0 Å². The number of aromatic nitrogens is 2. The molecule has 0 bridgehead atoms. The molecule has 21 heavy (non-hydrogen) atoms. The summed E-state index contributed by atoms with van der Waals surface area (Å²) in [5, 5.41) is 5.75. The van der Waals surface area contributed by atoms with E-state index < -0.39 is 0 Å². The summed E-state index contributed by atoms with van der Waals surface area (Å²) < 4.78 is 0. The van der Waals surface area contributed by atoms with Crippen LogP contribution in [0.25, 0.3) is 0 Å². The number of anilines is 2. The number of rotatable bonds is 3. The summed E-state index contributed by atoms with van der Waals surface area (Å²) in [5.41, 5.74) is 6.17. The summed E-state index contributed by atoms with van der Waals surface area (Å²) >= 11 is 1.36. The maximum atomic E-state index is 12.4. The van der Waals surface area contributed by atoms with Gasteiger partial charge in [-0.25, -0.2) is 9.97 Å². The topological polar surface area (TPSA) is 84.1 Å². The Kier molecular flexibility index (Phi) is 4.12. The average molecular weight is 309 g/mol. The van der Waals surface area contributed by atoms with Crippen LogP contribution in [0, 0.1) is 0 Å². The van der Waals surface area contributed by atoms with Crippen molar-refractivity contribution in [1.82, 2.24) is 15.3 Å². The zero-order chi connectivity index (χ0) is 14.7. The van der Waals surface area contributed by atoms with Crippen LogP contribution in [0.3, 0.4) is 0 Å². The molecule has 0 saturated carbocycles. The SMILES string of the molecule is Nc1ncccc1C(=O)c1nc(N2CCCNCC2)cs1.[HH].[HH].[HH]. The highest BCUT2D eigenvalue weighted by atomic mass is 32.1. The molecule has 1 aliphatic rings. The maximum absolute atomic E-state index is 12.4. The molecule has 0 aromatic carbocycles. The van der Waals surface area contributed by atoms with E-state index in [0.29, 0.717) is 10.6 Å². The van der Waals surface area contributed by atoms with E-state index in [1.54, 1.807) is 18.3 Å². The highest BCUT2D eigenvalue weighted by molar-refractivity contribution is 7.12. The number of nitrogens with zero attached hydrogens (tertiary/aromatic N) is 3. The van der Waals surface area contributed by atoms with Gasteiger partial charge in [0.25, 0.3) is 0 Å². The molecular formula is C14H23N5OS. The van der Waals surface area contributed by atoms with E-state index in [-0.39, 0.29) is 15.9 Å². The number of hydrogen-bond acceptors (Lipinski definition) is 7. The van der Waals surface area contributed by atoms with Gasteiger partial charge in [0.2, 0.25) is 5.78 Å². The Morgan fingerprint density at radius 3 is 3.19 bits per heavy atom. The molecule has 1 fully saturated rings. The van der Waals surface area contributed by atoms with Gasteiger partial charge >= 0.3 is 0 Å². The van der Waals surface area contributed by atoms with Crippen molar-refractivity contribution in [3.63, 3.8) is 0 Å². The number of hydrogen-bond donors (Lipinski definition) is 2. The number of nitrogens with two attached hydrogens (primary N) is 1. The molecule has 0 aliphatic carbocycles. The number of pyridine rings is 1. The first kappa shape index (κ1) is 14.0. The molecule has 0 atom stereocenters. The van der Waals surface area contributed by atoms with Gasteiger partial charge in [0.1, 0.15) is 11.6 Å². The minimum Gasteiger partial charge on any atom is -0.383 e. The fraction of sp³-hybridized carbons (Fsp3) is 0.357. The summed E-state index contributed by atoms with van der Waals surface area (Å²) in [4.78, 5) is 23.1. The minimum atomic E-state index is -0.162. The molecule has 0 spiro atoms. The summed E-state index contributed by atoms with van der Waals surface area (Å²) in [6, 6.07) is 3.39. The highest BCUT2D eigenvalue weighted by Gasteiger charge is 2.19. The quantitative estimate of drug-likeness (QED) is 0.842. The van der Waals surface area contributed by atoms with Crippen molar-refractivity contribution >= 4 is 28.8 Å². The van der Waals surface area contributed by atoms with Gasteiger partial charge in [-0.15, -0.1) is 11.3 Å². The fourth-order valence-electron chi connectivity index (χ4n) is 2.31. The number of thiazole rings is 1. The van der Waals surface area contributed by atoms with Crippen LogP contribution in [-0.4, -0.2) is 41.9 Å². The van der Waals surface area contributed by atoms with Crippen molar-refractivity contribution in [1.29, 1.82) is 0 Å². The lowest BCUT2D eigenvalue weighted by molar-refractivity contribution is 0.103. The van der Waals surface area contributed by atoms with Crippen molar-refractivity contribution in [3.05, 3.63) is 34.3 Å². The van der Waals surface area contributed by atoms with Gasteiger partial charge in [0.15, 0.2) is 5.01 Å². The monoisotopic (exact) mass is 309 g/mol. The standard InChI is InChI=1S/C14H17N5OS.3H2/c15-13-10(3-1-5-17-13)12(20)14-18-11(9-21-14)19-7-2-4-16-6-8-19;;;/h1,3,5,9,16H,2,4,6-8H2,(H2,15,17);3*1H. The molecule has 6 nitrogen and oxygen atoms in total. The maximum Gasteiger partial charge on any atom is 0.225 e. The Labute approximate surface area is 131 Å². The van der Waals surface area contributed by atoms with Crippen LogP contribution in [-0.2, 0) is 0 Å². The summed E-state index contributed by atoms with van der Waals surface area (Å²) in [6.07, 6.45) is 2.65. The van der Waals surface area contributed by atoms with Gasteiger partial charge in [0.05, 0.1) is 5.56 Å². The van der Waals surface area contributed by atoms with E-state index in [4.69, 9.17) is 5.73 Å². The Balaban J connectivity index is 0.00000176. The second kappa shape index (κ2) is 6.19. The minimum absolute atomic E-state index is 0. The predicted octanol–water partition coefficient (Wildman–Crippen LogP) is 1.89. The van der Waals surface area contributed by atoms with E-state index in [9.17, 15) is 4.79 Å². The molecule has 3 heterocycles. The fourth-order valence-corrected chi connectivity index (χ4v) is 3.10. The van der Waals surface area contributed by atoms with Gasteiger partial charge in [0, 0.05) is 35.5 Å². The summed E-state index contributed by atoms with van der Waals surface area (Å²) in [6.45, 7) is 3.83. The first-order valence-electron chi connectivity index (χ1n) is 6.92. The third-order valence-corrected chi connectivity index (χ3v) is 4.26. The van der Waals surface area contributed by atoms with Crippen LogP contribution in [0.2, 0.25) is 0 Å². The molecule has 1 saturated heterocycles. The molecule has 2 aromatic rings. The van der Waals surface area contributed by atoms with Gasteiger partial charge in [-0.3, -0.25) is 4.79 Å². The van der Waals surface area contributed by atoms with Crippen molar-refractivity contribution < 1.29 is 9.07 Å². The molecule has 0 radical (unpaired) electrons. The number of carbonyl (C=O) groups is 1. The van der Waals surface area contributed by atoms with Gasteiger partial charge in [-0.05, 0) is 25.1 Å². The summed E-state index contributed by atoms with van der Waals surface area (Å²) in [7, 11) is 0. The van der Waals surface area contributed by atoms with E-state index in [2.05, 4.69) is 20.2 Å². The van der Waals surface area contributed by atoms with E-state index in [1.807, 2.05) is 5.38 Å². The second-order valence-corrected chi connectivity index (χ2v) is 5.72. The van der Waals surface area contributed by atoms with Crippen LogP contribution < -0.4 is 16.0 Å². The second-order valence-electron chi connectivity index (χ2n) is 4.87. The van der Waals surface area contributed by atoms with Crippen LogP contribution in [0.4, 0.5) is 11.6 Å². The van der Waals surface area contributed by atoms with E-state index in [1.165, 1.54) is 11.3 Å². The lowest BCUT2D eigenvalue weighted by Gasteiger charge is -2.18. The molecule has 3 N–H and O–H groups in total. The lowest BCUT2D eigenvalue weighted by atomic mass is 10.2. The number of nitrogens with one attached hydrogen (secondary N) is 1. The van der Waals surface area contributed by atoms with Crippen molar-refractivity contribution in [2.45, 2.75) is 6.42 Å². The number of nitrogen functional groups attached to an aromatic ring is 1. The molecule has 7 heteroatoms. The molecule has 0 amide bonds. The Hall–Kier alpha value is -1.99. The van der Waals surface area contributed by atoms with Crippen LogP contribution in [0.1, 0.15) is 26.1 Å². The largest absolute Gasteiger partial charge is 0.383 e. The van der Waals surface area contributed by atoms with Gasteiger partial charge in [-0.1, -0.05) is 0 Å². The molecule has 2 aromatic heterocycles. The number of carbonyl (C=O) groups excluding carboxylic acids is 1. The van der Waals surface area contributed by atoms with E-state index in [0.717, 1.165) is 38.4 Å². The lowest BCUT2D eigenvalue weighted by Crippen LogP contribution is -2.28. The highest BCUT2D eigenvalue weighted by Crippen LogP contribution is 2.23. The Morgan fingerprint density at radius 2 is 2.33 bits per heavy atom. The first-order valence-corrected chi connectivity index (χ1v) is 7.80. The predicted molar refractivity (Wildman–Crippen MR) is 90.2 cm³/mol. The third-order valence-electron chi connectivity index (χ3n) is 3.43. The van der Waals surface area contributed by atoms with E-state index >= 15 is 0 Å². The van der Waals surface area contributed by atoms with Gasteiger partial charge in [-0.2, -0.15) is 0 Å². The molecule has 0 unspecified atom stereocenters. The molecule has 1 aliphatic heterocycles. The van der Waals surface area contributed by atoms with Crippen molar-refractivity contribution in [3.8, 4) is 0 Å². The molecular weight excluding hydrogens is 286 g/mol. The Morgan fingerprint density at radius 1 is 1.43 bits per heavy atom. The molecule has 116 valence electrons. The number of ketones is 1. The van der Waals surface area contributed by atoms with Crippen molar-refractivity contribution in [2.75, 3.05) is 36.8 Å². The zero-order valence-corrected chi connectivity index (χ0v) is 12.4.